The van der Waals surface area contributed by atoms with Crippen molar-refractivity contribution in [3.63, 3.8) is 0 Å². The summed E-state index contributed by atoms with van der Waals surface area (Å²) < 4.78 is 50.1. The number of aromatic nitrogens is 6. The average molecular weight is 1460 g/mol. The van der Waals surface area contributed by atoms with Gasteiger partial charge in [0, 0.05) is 133 Å². The summed E-state index contributed by atoms with van der Waals surface area (Å²) in [5.41, 5.74) is 17.3. The van der Waals surface area contributed by atoms with Crippen molar-refractivity contribution in [2.75, 3.05) is 109 Å². The van der Waals surface area contributed by atoms with Crippen LogP contribution in [0.4, 0.5) is 24.5 Å². The topological polar surface area (TPSA) is 91.4 Å². The minimum Gasteiger partial charge on any atom is -0.371 e. The third-order valence-corrected chi connectivity index (χ3v) is 24.0. The van der Waals surface area contributed by atoms with Crippen LogP contribution < -0.4 is 15.1 Å². The van der Waals surface area contributed by atoms with Crippen molar-refractivity contribution in [1.29, 1.82) is 0 Å². The SMILES string of the molecule is C1CCN(C2CCNCC2)CC1.CN1Cc2nn(Cc3cccc(Cl)c3)c(-c3ccccc3F)c2C1.CN1Cc2nn(Cc3cccc(N4CCC(N5CCCCC5)CC4)c3)c(-c3ccccc3F)c2C1.CN1Cc2nn(Cc3cccc(N4CCC(N5CCCCC5)CC4)c3)c(-c3ccccc3F)c2C1. The van der Waals surface area contributed by atoms with E-state index in [1.807, 2.05) is 81.8 Å². The zero-order chi connectivity index (χ0) is 72.5. The highest BCUT2D eigenvalue weighted by atomic mass is 35.5. The molecular formula is C87H109ClF3N15. The zero-order valence-electron chi connectivity index (χ0n) is 62.8. The minimum absolute atomic E-state index is 0.184. The molecule has 0 saturated carbocycles. The molecule has 6 aromatic carbocycles. The number of likely N-dealkylation sites (tertiary alicyclic amines) is 3. The summed E-state index contributed by atoms with van der Waals surface area (Å²) in [7, 11) is 6.23. The van der Waals surface area contributed by atoms with E-state index in [-0.39, 0.29) is 17.5 Å². The van der Waals surface area contributed by atoms with Gasteiger partial charge in [-0.3, -0.25) is 28.7 Å². The molecule has 6 fully saturated rings. The predicted octanol–water partition coefficient (Wildman–Crippen LogP) is 15.8. The van der Waals surface area contributed by atoms with E-state index >= 15 is 0 Å². The van der Waals surface area contributed by atoms with Gasteiger partial charge in [0.15, 0.2) is 0 Å². The average Bonchev–Trinajstić information content (AvgIpc) is 1.62. The Morgan fingerprint density at radius 3 is 1.02 bits per heavy atom. The highest BCUT2D eigenvalue weighted by Gasteiger charge is 2.33. The number of anilines is 2. The molecule has 0 radical (unpaired) electrons. The van der Waals surface area contributed by atoms with Crippen LogP contribution in [0.1, 0.15) is 147 Å². The molecule has 6 saturated heterocycles. The highest BCUT2D eigenvalue weighted by molar-refractivity contribution is 6.30. The number of benzene rings is 6. The Morgan fingerprint density at radius 2 is 0.679 bits per heavy atom. The maximum Gasteiger partial charge on any atom is 0.132 e. The number of nitrogens with one attached hydrogen (secondary N) is 1. The molecule has 106 heavy (non-hydrogen) atoms. The maximum absolute atomic E-state index is 14.8. The fraction of sp³-hybridized carbons (Fsp3) is 0.483. The lowest BCUT2D eigenvalue weighted by Crippen LogP contribution is -2.46. The van der Waals surface area contributed by atoms with Crippen LogP contribution in [0.25, 0.3) is 33.8 Å². The number of halogens is 4. The Labute approximate surface area is 631 Å². The standard InChI is InChI=1S/2C29H36FN5.C19H17ClFN3.C10H20N2/c2*1-32-20-26-28(21-32)31-35(29(26)25-10-3-4-11-27(25)30)19-22-8-7-9-24(18-22)34-16-12-23(13-17-34)33-14-5-2-6-15-33;1-23-11-16-18(12-23)22-24(10-13-5-4-6-14(20)9-13)19(16)15-7-2-3-8-17(15)21;1-2-8-12(9-3-1)10-4-6-11-7-5-10/h2*3-4,7-11,18,23H,2,5-6,12-17,19-21H2,1H3;2-9H,10-12H2,1H3;10-11H,1-9H2. The van der Waals surface area contributed by atoms with E-state index in [0.717, 1.165) is 140 Å². The van der Waals surface area contributed by atoms with Gasteiger partial charge >= 0.3 is 0 Å². The molecule has 18 rings (SSSR count). The van der Waals surface area contributed by atoms with E-state index in [1.165, 1.54) is 177 Å². The first-order valence-corrected chi connectivity index (χ1v) is 40.2. The molecule has 3 aromatic heterocycles. The van der Waals surface area contributed by atoms with Crippen molar-refractivity contribution in [3.05, 3.63) is 219 Å². The third-order valence-electron chi connectivity index (χ3n) is 23.7. The molecule has 0 bridgehead atoms. The van der Waals surface area contributed by atoms with Crippen LogP contribution in [0.3, 0.4) is 0 Å². The number of hydrogen-bond acceptors (Lipinski definition) is 12. The smallest absolute Gasteiger partial charge is 0.132 e. The van der Waals surface area contributed by atoms with E-state index in [1.54, 1.807) is 30.3 Å². The molecule has 9 aromatic rings. The summed E-state index contributed by atoms with van der Waals surface area (Å²) in [5.74, 6) is -0.588. The van der Waals surface area contributed by atoms with Crippen molar-refractivity contribution >= 4 is 23.0 Å². The monoisotopic (exact) mass is 1460 g/mol. The van der Waals surface area contributed by atoms with Crippen molar-refractivity contribution < 1.29 is 13.2 Å². The fourth-order valence-electron chi connectivity index (χ4n) is 18.3. The van der Waals surface area contributed by atoms with Crippen molar-refractivity contribution in [1.82, 2.24) is 64.1 Å². The molecule has 0 atom stereocenters. The van der Waals surface area contributed by atoms with E-state index in [9.17, 15) is 13.2 Å². The second-order valence-electron chi connectivity index (χ2n) is 31.4. The van der Waals surface area contributed by atoms with Gasteiger partial charge in [0.05, 0.1) is 53.8 Å². The van der Waals surface area contributed by atoms with Gasteiger partial charge in [-0.15, -0.1) is 0 Å². The molecule has 1 N–H and O–H groups in total. The molecule has 19 heteroatoms. The lowest BCUT2D eigenvalue weighted by Gasteiger charge is -2.41. The molecule has 12 heterocycles. The summed E-state index contributed by atoms with van der Waals surface area (Å²) in [6.45, 7) is 21.5. The number of rotatable bonds is 14. The Kier molecular flexibility index (Phi) is 24.2. The van der Waals surface area contributed by atoms with Crippen molar-refractivity contribution in [2.45, 2.75) is 173 Å². The van der Waals surface area contributed by atoms with Gasteiger partial charge in [-0.25, -0.2) is 13.2 Å². The van der Waals surface area contributed by atoms with Crippen LogP contribution in [0.5, 0.6) is 0 Å². The maximum atomic E-state index is 14.8. The number of hydrogen-bond donors (Lipinski definition) is 1. The quantitative estimate of drug-likeness (QED) is 0.112. The van der Waals surface area contributed by atoms with Gasteiger partial charge in [-0.05, 0) is 240 Å². The number of fused-ring (bicyclic) bond motifs is 3. The normalized spacial score (nSPS) is 19.6. The molecule has 0 unspecified atom stereocenters. The molecule has 9 aliphatic rings. The largest absolute Gasteiger partial charge is 0.371 e. The van der Waals surface area contributed by atoms with Crippen LogP contribution in [0.2, 0.25) is 5.02 Å². The fourth-order valence-corrected chi connectivity index (χ4v) is 18.5. The molecule has 0 amide bonds. The van der Waals surface area contributed by atoms with E-state index < -0.39 is 0 Å². The van der Waals surface area contributed by atoms with Crippen molar-refractivity contribution in [3.8, 4) is 33.8 Å². The number of piperidine rings is 6. The zero-order valence-corrected chi connectivity index (χ0v) is 63.6. The van der Waals surface area contributed by atoms with Gasteiger partial charge in [0.2, 0.25) is 0 Å². The second-order valence-corrected chi connectivity index (χ2v) is 31.9. The molecule has 0 aliphatic carbocycles. The second kappa shape index (κ2) is 34.7. The van der Waals surface area contributed by atoms with Crippen LogP contribution in [0, 0.1) is 17.5 Å². The first-order chi connectivity index (χ1) is 51.9. The summed E-state index contributed by atoms with van der Waals surface area (Å²) in [4.78, 5) is 19.9. The minimum atomic E-state index is -0.220. The van der Waals surface area contributed by atoms with Gasteiger partial charge in [0.1, 0.15) is 17.5 Å². The summed E-state index contributed by atoms with van der Waals surface area (Å²) in [6, 6.07) is 49.0. The predicted molar refractivity (Wildman–Crippen MR) is 423 cm³/mol. The van der Waals surface area contributed by atoms with Gasteiger partial charge in [-0.1, -0.05) is 104 Å². The third kappa shape index (κ3) is 17.6. The highest BCUT2D eigenvalue weighted by Crippen LogP contribution is 2.39. The van der Waals surface area contributed by atoms with Crippen LogP contribution in [0.15, 0.2) is 146 Å². The van der Waals surface area contributed by atoms with Gasteiger partial charge in [-0.2, -0.15) is 15.3 Å². The first-order valence-electron chi connectivity index (χ1n) is 39.8. The molecule has 0 spiro atoms. The van der Waals surface area contributed by atoms with E-state index in [2.05, 4.69) is 107 Å². The summed E-state index contributed by atoms with van der Waals surface area (Å²) >= 11 is 6.09. The Balaban J connectivity index is 0.000000120. The van der Waals surface area contributed by atoms with E-state index in [4.69, 9.17) is 26.9 Å². The lowest BCUT2D eigenvalue weighted by atomic mass is 9.99. The Bertz CT molecular complexity index is 4170. The van der Waals surface area contributed by atoms with Crippen molar-refractivity contribution in [2.24, 2.45) is 0 Å². The molecule has 15 nitrogen and oxygen atoms in total. The molecular weight excluding hydrogens is 1350 g/mol. The Morgan fingerprint density at radius 1 is 0.358 bits per heavy atom. The van der Waals surface area contributed by atoms with Crippen LogP contribution in [-0.2, 0) is 58.9 Å². The number of nitrogens with zero attached hydrogens (tertiary/aromatic N) is 14. The lowest BCUT2D eigenvalue weighted by molar-refractivity contribution is 0.136. The Hall–Kier alpha value is -7.65. The first kappa shape index (κ1) is 73.8. The van der Waals surface area contributed by atoms with E-state index in [0.29, 0.717) is 41.3 Å². The van der Waals surface area contributed by atoms with Gasteiger partial charge in [0.25, 0.3) is 0 Å². The van der Waals surface area contributed by atoms with Crippen LogP contribution >= 0.6 is 11.6 Å². The summed E-state index contributed by atoms with van der Waals surface area (Å²) in [5, 5.41) is 18.8. The molecule has 9 aliphatic heterocycles. The van der Waals surface area contributed by atoms with Gasteiger partial charge < -0.3 is 29.8 Å². The summed E-state index contributed by atoms with van der Waals surface area (Å²) in [6.07, 6.45) is 20.3. The van der Waals surface area contributed by atoms with Crippen LogP contribution in [-0.4, -0.2) is 177 Å². The molecule has 560 valence electrons.